The Bertz CT molecular complexity index is 1110. The Morgan fingerprint density at radius 1 is 0.875 bits per heavy atom. The highest BCUT2D eigenvalue weighted by Gasteiger charge is 2.44. The Balaban J connectivity index is 1.85. The molecule has 48 heavy (non-hydrogen) atoms. The standard InChI is InChI=1S/C36H59NO11/c1-10-28-25(19-44-36-34(43-9)32(42)30(40)24(6)46-36)13-11-12-14-27(38)21(3)17-22(4)33(20(2)15-16-29(39)47-28)48-35-31(41)26(37(7)8)18-23(5)45-35/h11-16,20-26,28,30-36,40-42H,10,17-19H2,1-9H3/b13-11+,14-12+,16-15+. The van der Waals surface area contributed by atoms with E-state index in [9.17, 15) is 24.9 Å². The Kier molecular flexibility index (Phi) is 15.9. The molecule has 0 saturated carbocycles. The van der Waals surface area contributed by atoms with Crippen molar-refractivity contribution in [3.63, 3.8) is 0 Å². The Hall–Kier alpha value is -2.00. The number of aliphatic hydroxyl groups excluding tert-OH is 3. The van der Waals surface area contributed by atoms with E-state index in [1.54, 1.807) is 25.2 Å². The van der Waals surface area contributed by atoms with Crippen molar-refractivity contribution in [1.82, 2.24) is 4.90 Å². The molecule has 3 aliphatic rings. The molecule has 0 bridgehead atoms. The minimum absolute atomic E-state index is 0.0397. The highest BCUT2D eigenvalue weighted by atomic mass is 16.7. The van der Waals surface area contributed by atoms with Gasteiger partial charge in [0.15, 0.2) is 18.4 Å². The van der Waals surface area contributed by atoms with E-state index >= 15 is 0 Å². The van der Waals surface area contributed by atoms with Gasteiger partial charge in [0.25, 0.3) is 0 Å². The molecule has 12 nitrogen and oxygen atoms in total. The zero-order valence-corrected chi connectivity index (χ0v) is 30.0. The van der Waals surface area contributed by atoms with E-state index in [1.807, 2.05) is 59.7 Å². The maximum atomic E-state index is 13.2. The number of nitrogens with zero attached hydrogens (tertiary/aromatic N) is 1. The number of hydrogen-bond acceptors (Lipinski definition) is 12. The van der Waals surface area contributed by atoms with E-state index in [0.29, 0.717) is 19.3 Å². The molecular weight excluding hydrogens is 622 g/mol. The largest absolute Gasteiger partial charge is 0.459 e. The molecule has 0 aromatic rings. The average molecular weight is 682 g/mol. The van der Waals surface area contributed by atoms with Crippen molar-refractivity contribution in [2.75, 3.05) is 27.8 Å². The van der Waals surface area contributed by atoms with Crippen molar-refractivity contribution in [1.29, 1.82) is 0 Å². The highest BCUT2D eigenvalue weighted by molar-refractivity contribution is 5.91. The van der Waals surface area contributed by atoms with Gasteiger partial charge in [0.05, 0.1) is 24.9 Å². The lowest BCUT2D eigenvalue weighted by molar-refractivity contribution is -0.300. The predicted molar refractivity (Wildman–Crippen MR) is 179 cm³/mol. The number of ether oxygens (including phenoxy) is 6. The zero-order valence-electron chi connectivity index (χ0n) is 30.0. The second-order valence-electron chi connectivity index (χ2n) is 13.9. The monoisotopic (exact) mass is 681 g/mol. The molecule has 2 saturated heterocycles. The number of esters is 1. The molecule has 274 valence electrons. The molecule has 3 heterocycles. The molecule has 3 N–H and O–H groups in total. The summed E-state index contributed by atoms with van der Waals surface area (Å²) in [5.74, 6) is -1.73. The lowest BCUT2D eigenvalue weighted by Gasteiger charge is -2.43. The SMILES string of the molecule is CCC1OC(=O)/C=C/C(C)C(OC2OC(C)CC(N(C)C)C2O)C(C)CC(C)C(=O)/C=C/C=C/C1COC1OC(C)C(O)C(O)C1OC. The second kappa shape index (κ2) is 18.8. The topological polar surface area (TPSA) is 153 Å². The number of carbonyl (C=O) groups excluding carboxylic acids is 2. The van der Waals surface area contributed by atoms with Crippen molar-refractivity contribution >= 4 is 11.8 Å². The van der Waals surface area contributed by atoms with E-state index in [0.717, 1.165) is 0 Å². The third kappa shape index (κ3) is 10.7. The van der Waals surface area contributed by atoms with E-state index in [1.165, 1.54) is 19.3 Å². The first kappa shape index (κ1) is 40.4. The summed E-state index contributed by atoms with van der Waals surface area (Å²) in [5, 5.41) is 31.9. The minimum Gasteiger partial charge on any atom is -0.459 e. The molecule has 3 rings (SSSR count). The lowest BCUT2D eigenvalue weighted by Crippen LogP contribution is -2.58. The number of aliphatic hydroxyl groups is 3. The summed E-state index contributed by atoms with van der Waals surface area (Å²) in [7, 11) is 5.24. The van der Waals surface area contributed by atoms with Crippen LogP contribution in [0.2, 0.25) is 0 Å². The summed E-state index contributed by atoms with van der Waals surface area (Å²) in [6, 6.07) is -0.146. The van der Waals surface area contributed by atoms with Crippen LogP contribution in [0.15, 0.2) is 36.5 Å². The van der Waals surface area contributed by atoms with Gasteiger partial charge in [-0.3, -0.25) is 4.79 Å². The number of hydrogen-bond donors (Lipinski definition) is 3. The minimum atomic E-state index is -1.21. The second-order valence-corrected chi connectivity index (χ2v) is 13.9. The van der Waals surface area contributed by atoms with Crippen molar-refractivity contribution in [3.8, 4) is 0 Å². The van der Waals surface area contributed by atoms with Crippen molar-refractivity contribution in [2.45, 2.75) is 128 Å². The van der Waals surface area contributed by atoms with Crippen LogP contribution in [-0.4, -0.2) is 127 Å². The van der Waals surface area contributed by atoms with E-state index in [2.05, 4.69) is 0 Å². The molecule has 0 aliphatic carbocycles. The predicted octanol–water partition coefficient (Wildman–Crippen LogP) is 2.78. The van der Waals surface area contributed by atoms with Crippen molar-refractivity contribution < 1.29 is 53.3 Å². The van der Waals surface area contributed by atoms with Crippen LogP contribution in [-0.2, 0) is 38.0 Å². The van der Waals surface area contributed by atoms with E-state index in [-0.39, 0.29) is 42.3 Å². The van der Waals surface area contributed by atoms with Gasteiger partial charge in [-0.25, -0.2) is 4.79 Å². The fourth-order valence-electron chi connectivity index (χ4n) is 6.80. The first-order valence-electron chi connectivity index (χ1n) is 17.3. The number of cyclic esters (lactones) is 1. The summed E-state index contributed by atoms with van der Waals surface area (Å²) in [6.07, 6.45) is 3.67. The Morgan fingerprint density at radius 3 is 2.23 bits per heavy atom. The number of ketones is 1. The first-order chi connectivity index (χ1) is 22.7. The summed E-state index contributed by atoms with van der Waals surface area (Å²) in [5.41, 5.74) is 0. The van der Waals surface area contributed by atoms with Crippen LogP contribution in [0.5, 0.6) is 0 Å². The molecule has 0 spiro atoms. The Labute approximate surface area is 286 Å². The summed E-state index contributed by atoms with van der Waals surface area (Å²) < 4.78 is 35.7. The van der Waals surface area contributed by atoms with Crippen molar-refractivity contribution in [3.05, 3.63) is 36.5 Å². The number of likely N-dealkylation sites (N-methyl/N-ethyl adjacent to an activating group) is 1. The summed E-state index contributed by atoms with van der Waals surface area (Å²) in [6.45, 7) is 11.4. The van der Waals surface area contributed by atoms with Crippen LogP contribution in [0.1, 0.15) is 60.8 Å². The molecule has 0 aromatic carbocycles. The van der Waals surface area contributed by atoms with Gasteiger partial charge in [-0.2, -0.15) is 0 Å². The van der Waals surface area contributed by atoms with Crippen molar-refractivity contribution in [2.24, 2.45) is 23.7 Å². The summed E-state index contributed by atoms with van der Waals surface area (Å²) in [4.78, 5) is 28.3. The molecule has 15 unspecified atom stereocenters. The number of rotatable bonds is 8. The van der Waals surface area contributed by atoms with Crippen LogP contribution in [0.3, 0.4) is 0 Å². The van der Waals surface area contributed by atoms with Gasteiger partial charge in [0, 0.05) is 37.0 Å². The van der Waals surface area contributed by atoms with Gasteiger partial charge >= 0.3 is 5.97 Å². The van der Waals surface area contributed by atoms with Crippen LogP contribution in [0.25, 0.3) is 0 Å². The average Bonchev–Trinajstić information content (AvgIpc) is 3.04. The molecule has 15 atom stereocenters. The summed E-state index contributed by atoms with van der Waals surface area (Å²) >= 11 is 0. The smallest absolute Gasteiger partial charge is 0.330 e. The third-order valence-electron chi connectivity index (χ3n) is 9.78. The van der Waals surface area contributed by atoms with Gasteiger partial charge in [-0.05, 0) is 59.2 Å². The zero-order chi connectivity index (χ0) is 35.7. The molecule has 0 amide bonds. The van der Waals surface area contributed by atoms with Crippen LogP contribution >= 0.6 is 0 Å². The lowest BCUT2D eigenvalue weighted by atomic mass is 9.84. The maximum Gasteiger partial charge on any atom is 0.330 e. The van der Waals surface area contributed by atoms with E-state index in [4.69, 9.17) is 28.4 Å². The quantitative estimate of drug-likeness (QED) is 0.323. The first-order valence-corrected chi connectivity index (χ1v) is 17.3. The fourth-order valence-corrected chi connectivity index (χ4v) is 6.80. The fraction of sp³-hybridized carbons (Fsp3) is 0.778. The van der Waals surface area contributed by atoms with Gasteiger partial charge in [-0.1, -0.05) is 52.0 Å². The molecule has 0 radical (unpaired) electrons. The molecule has 2 fully saturated rings. The van der Waals surface area contributed by atoms with Crippen LogP contribution in [0, 0.1) is 23.7 Å². The van der Waals surface area contributed by atoms with E-state index < -0.39 is 67.2 Å². The number of allylic oxidation sites excluding steroid dienone is 3. The normalized spacial score (nSPS) is 44.2. The Morgan fingerprint density at radius 2 is 1.58 bits per heavy atom. The van der Waals surface area contributed by atoms with Crippen LogP contribution in [0.4, 0.5) is 0 Å². The number of carbonyl (C=O) groups is 2. The van der Waals surface area contributed by atoms with Gasteiger partial charge in [-0.15, -0.1) is 0 Å². The molecule has 3 aliphatic heterocycles. The maximum absolute atomic E-state index is 13.2. The molecular formula is C36H59NO11. The molecule has 0 aromatic heterocycles. The molecule has 12 heteroatoms. The van der Waals surface area contributed by atoms with Gasteiger partial charge < -0.3 is 48.6 Å². The number of methoxy groups -OCH3 is 1. The third-order valence-corrected chi connectivity index (χ3v) is 9.78. The highest BCUT2D eigenvalue weighted by Crippen LogP contribution is 2.32. The van der Waals surface area contributed by atoms with Crippen LogP contribution < -0.4 is 0 Å². The van der Waals surface area contributed by atoms with Gasteiger partial charge in [0.2, 0.25) is 0 Å². The van der Waals surface area contributed by atoms with Gasteiger partial charge in [0.1, 0.15) is 30.5 Å².